The molecule has 1 aliphatic rings. The van der Waals surface area contributed by atoms with E-state index in [-0.39, 0.29) is 12.0 Å². The monoisotopic (exact) mass is 472 g/mol. The first-order valence-electron chi connectivity index (χ1n) is 10.3. The molecular weight excluding hydrogens is 453 g/mol. The minimum atomic E-state index is -4.41. The van der Waals surface area contributed by atoms with Crippen LogP contribution < -0.4 is 5.32 Å². The van der Waals surface area contributed by atoms with Crippen LogP contribution in [-0.4, -0.2) is 27.0 Å². The van der Waals surface area contributed by atoms with Gasteiger partial charge >= 0.3 is 6.18 Å². The van der Waals surface area contributed by atoms with Gasteiger partial charge in [-0.05, 0) is 54.8 Å². The summed E-state index contributed by atoms with van der Waals surface area (Å²) in [6.45, 7) is 8.47. The lowest BCUT2D eigenvalue weighted by Crippen LogP contribution is -2.36. The average Bonchev–Trinajstić information content (AvgIpc) is 3.44. The van der Waals surface area contributed by atoms with Crippen molar-refractivity contribution < 1.29 is 13.2 Å². The number of benzene rings is 2. The van der Waals surface area contributed by atoms with Crippen LogP contribution in [0.25, 0.3) is 4.95 Å². The first-order valence-corrected chi connectivity index (χ1v) is 10.6. The highest BCUT2D eigenvalue weighted by atomic mass is 35.5. The molecule has 33 heavy (non-hydrogen) atoms. The molecule has 1 atom stereocenters. The third-order valence-electron chi connectivity index (χ3n) is 5.45. The second-order valence-corrected chi connectivity index (χ2v) is 8.05. The summed E-state index contributed by atoms with van der Waals surface area (Å²) < 4.78 is 40.6. The van der Waals surface area contributed by atoms with Crippen molar-refractivity contribution in [1.82, 2.24) is 14.5 Å². The van der Waals surface area contributed by atoms with Gasteiger partial charge in [0, 0.05) is 36.2 Å². The summed E-state index contributed by atoms with van der Waals surface area (Å²) in [6.07, 6.45) is 0.896. The Morgan fingerprint density at radius 2 is 1.91 bits per heavy atom. The van der Waals surface area contributed by atoms with Gasteiger partial charge in [-0.1, -0.05) is 23.7 Å². The van der Waals surface area contributed by atoms with Crippen LogP contribution >= 0.6 is 11.6 Å². The Morgan fingerprint density at radius 3 is 2.58 bits per heavy atom. The summed E-state index contributed by atoms with van der Waals surface area (Å²) in [6, 6.07) is 12.1. The molecule has 4 rings (SSSR count). The van der Waals surface area contributed by atoms with Gasteiger partial charge in [0.25, 0.3) is 5.96 Å². The van der Waals surface area contributed by atoms with E-state index in [2.05, 4.69) is 20.4 Å². The number of likely N-dealkylation sites (tertiary alicyclic amines) is 1. The number of rotatable bonds is 4. The lowest BCUT2D eigenvalue weighted by atomic mass is 10.2. The van der Waals surface area contributed by atoms with E-state index in [0.29, 0.717) is 23.8 Å². The van der Waals surface area contributed by atoms with Crippen molar-refractivity contribution in [3.63, 3.8) is 0 Å². The number of anilines is 1. The van der Waals surface area contributed by atoms with Gasteiger partial charge in [0.15, 0.2) is 0 Å². The van der Waals surface area contributed by atoms with Crippen molar-refractivity contribution in [3.05, 3.63) is 94.4 Å². The minimum Gasteiger partial charge on any atom is -0.329 e. The van der Waals surface area contributed by atoms with Gasteiger partial charge in [0.05, 0.1) is 11.6 Å². The maximum Gasteiger partial charge on any atom is 0.416 e. The predicted octanol–water partition coefficient (Wildman–Crippen LogP) is 6.04. The predicted molar refractivity (Wildman–Crippen MR) is 121 cm³/mol. The molecule has 3 aromatic rings. The summed E-state index contributed by atoms with van der Waals surface area (Å²) in [7, 11) is 0. The van der Waals surface area contributed by atoms with Crippen LogP contribution in [0, 0.1) is 6.57 Å². The van der Waals surface area contributed by atoms with E-state index in [0.717, 1.165) is 36.4 Å². The summed E-state index contributed by atoms with van der Waals surface area (Å²) in [5.74, 6) is 1.11. The molecule has 1 saturated heterocycles. The SMILES string of the molecule is [C-]#[N+]N=C(Nc1ccc(C(F)(F)F)cc1)N1CCCC1c1nccn1Cc1ccc(Cl)cc1. The van der Waals surface area contributed by atoms with E-state index in [1.165, 1.54) is 12.1 Å². The van der Waals surface area contributed by atoms with Crippen molar-refractivity contribution in [1.29, 1.82) is 0 Å². The van der Waals surface area contributed by atoms with Gasteiger partial charge in [-0.2, -0.15) is 19.7 Å². The van der Waals surface area contributed by atoms with Crippen LogP contribution in [0.1, 0.15) is 35.8 Å². The minimum absolute atomic E-state index is 0.130. The molecule has 2 heterocycles. The molecule has 1 aromatic heterocycles. The summed E-state index contributed by atoms with van der Waals surface area (Å²) in [4.78, 5) is 9.66. The normalized spacial score (nSPS) is 16.6. The molecule has 0 amide bonds. The number of guanidine groups is 1. The maximum atomic E-state index is 12.9. The van der Waals surface area contributed by atoms with Crippen LogP contribution in [0.15, 0.2) is 66.0 Å². The van der Waals surface area contributed by atoms with Crippen molar-refractivity contribution in [3.8, 4) is 0 Å². The number of imidazole rings is 1. The number of halogens is 4. The molecule has 10 heteroatoms. The lowest BCUT2D eigenvalue weighted by Gasteiger charge is -2.26. The quantitative estimate of drug-likeness (QED) is 0.218. The van der Waals surface area contributed by atoms with Crippen LogP contribution in [0.4, 0.5) is 18.9 Å². The first kappa shape index (κ1) is 22.7. The molecule has 0 radical (unpaired) electrons. The molecule has 1 unspecified atom stereocenters. The topological polar surface area (TPSA) is 49.8 Å². The number of alkyl halides is 3. The number of nitrogens with zero attached hydrogens (tertiary/aromatic N) is 5. The van der Waals surface area contributed by atoms with Gasteiger partial charge in [-0.3, -0.25) is 0 Å². The fourth-order valence-electron chi connectivity index (χ4n) is 3.90. The molecule has 1 N–H and O–H groups in total. The largest absolute Gasteiger partial charge is 0.416 e. The van der Waals surface area contributed by atoms with E-state index < -0.39 is 11.7 Å². The molecule has 1 fully saturated rings. The molecule has 0 aliphatic carbocycles. The van der Waals surface area contributed by atoms with E-state index in [1.807, 2.05) is 39.9 Å². The van der Waals surface area contributed by atoms with E-state index >= 15 is 0 Å². The van der Waals surface area contributed by atoms with Gasteiger partial charge in [0.1, 0.15) is 10.9 Å². The van der Waals surface area contributed by atoms with Gasteiger partial charge < -0.3 is 14.8 Å². The highest BCUT2D eigenvalue weighted by Gasteiger charge is 2.34. The number of nitrogens with one attached hydrogen (secondary N) is 1. The second-order valence-electron chi connectivity index (χ2n) is 7.61. The van der Waals surface area contributed by atoms with Crippen LogP contribution in [-0.2, 0) is 12.7 Å². The molecule has 0 spiro atoms. The second kappa shape index (κ2) is 9.55. The van der Waals surface area contributed by atoms with Crippen molar-refractivity contribution in [2.75, 3.05) is 11.9 Å². The average molecular weight is 473 g/mol. The molecule has 6 nitrogen and oxygen atoms in total. The molecule has 170 valence electrons. The third-order valence-corrected chi connectivity index (χ3v) is 5.70. The Labute approximate surface area is 194 Å². The standard InChI is InChI=1S/C23H20ClF3N6/c1-28-31-22(30-19-10-6-17(7-11-19)23(25,26)27)33-13-2-3-20(33)21-29-12-14-32(21)15-16-4-8-18(24)9-5-16/h4-12,14,20H,2-3,13,15H2,(H,30,31). The maximum absolute atomic E-state index is 12.9. The Bertz CT molecular complexity index is 1160. The molecule has 0 bridgehead atoms. The van der Waals surface area contributed by atoms with Crippen molar-refractivity contribution >= 4 is 23.2 Å². The van der Waals surface area contributed by atoms with E-state index in [9.17, 15) is 13.2 Å². The van der Waals surface area contributed by atoms with Gasteiger partial charge in [-0.25, -0.2) is 4.98 Å². The Morgan fingerprint density at radius 1 is 1.18 bits per heavy atom. The molecule has 0 saturated carbocycles. The zero-order chi connectivity index (χ0) is 23.4. The zero-order valence-corrected chi connectivity index (χ0v) is 18.2. The van der Waals surface area contributed by atoms with Crippen LogP contribution in [0.3, 0.4) is 0 Å². The number of aromatic nitrogens is 2. The molecule has 2 aromatic carbocycles. The highest BCUT2D eigenvalue weighted by Crippen LogP contribution is 2.33. The lowest BCUT2D eigenvalue weighted by molar-refractivity contribution is -0.137. The number of hydrogen-bond donors (Lipinski definition) is 1. The fourth-order valence-corrected chi connectivity index (χ4v) is 4.03. The van der Waals surface area contributed by atoms with Crippen molar-refractivity contribution in [2.45, 2.75) is 31.6 Å². The summed E-state index contributed by atoms with van der Waals surface area (Å²) >= 11 is 5.98. The summed E-state index contributed by atoms with van der Waals surface area (Å²) in [5.41, 5.74) is 0.752. The molecular formula is C23H20ClF3N6. The fraction of sp³-hybridized carbons (Fsp3) is 0.261. The van der Waals surface area contributed by atoms with E-state index in [1.54, 1.807) is 6.20 Å². The van der Waals surface area contributed by atoms with Gasteiger partial charge in [0.2, 0.25) is 0 Å². The Hall–Kier alpha value is -3.51. The Balaban J connectivity index is 1.55. The smallest absolute Gasteiger partial charge is 0.329 e. The zero-order valence-electron chi connectivity index (χ0n) is 17.4. The van der Waals surface area contributed by atoms with Crippen LogP contribution in [0.2, 0.25) is 5.02 Å². The van der Waals surface area contributed by atoms with Crippen LogP contribution in [0.5, 0.6) is 0 Å². The number of hydrogen-bond acceptors (Lipinski definition) is 2. The van der Waals surface area contributed by atoms with E-state index in [4.69, 9.17) is 18.2 Å². The molecule has 1 aliphatic heterocycles. The third kappa shape index (κ3) is 5.29. The highest BCUT2D eigenvalue weighted by molar-refractivity contribution is 6.30. The van der Waals surface area contributed by atoms with Gasteiger partial charge in [-0.15, -0.1) is 4.95 Å². The Kier molecular flexibility index (Phi) is 6.56. The summed E-state index contributed by atoms with van der Waals surface area (Å²) in [5, 5.41) is 7.58. The first-order chi connectivity index (χ1) is 15.8. The van der Waals surface area contributed by atoms with Crippen molar-refractivity contribution in [2.24, 2.45) is 5.10 Å².